The molecule has 0 saturated carbocycles. The first-order valence-corrected chi connectivity index (χ1v) is 8.17. The number of rotatable bonds is 4. The van der Waals surface area contributed by atoms with Crippen molar-refractivity contribution in [1.82, 2.24) is 5.32 Å². The third kappa shape index (κ3) is 2.96. The largest absolute Gasteiger partial charge is 0.332 e. The summed E-state index contributed by atoms with van der Waals surface area (Å²) in [6.07, 6.45) is 2.74. The second kappa shape index (κ2) is 6.06. The maximum atomic E-state index is 12.1. The lowest BCUT2D eigenvalue weighted by Gasteiger charge is -2.29. The summed E-state index contributed by atoms with van der Waals surface area (Å²) in [5, 5.41) is 13.8. The van der Waals surface area contributed by atoms with Crippen LogP contribution >= 0.6 is 10.3 Å². The Kier molecular flexibility index (Phi) is 4.39. The normalized spacial score (nSPS) is 23.7. The molecule has 7 nitrogen and oxygen atoms in total. The van der Waals surface area contributed by atoms with Gasteiger partial charge in [0.25, 0.3) is 5.91 Å². The molecule has 0 spiro atoms. The average Bonchev–Trinajstić information content (AvgIpc) is 2.77. The molecule has 0 bridgehead atoms. The van der Waals surface area contributed by atoms with Gasteiger partial charge in [0, 0.05) is 22.1 Å². The van der Waals surface area contributed by atoms with Gasteiger partial charge in [0.2, 0.25) is 0 Å². The van der Waals surface area contributed by atoms with Crippen LogP contribution in [0.15, 0.2) is 46.6 Å². The molecule has 0 aromatic heterocycles. The van der Waals surface area contributed by atoms with Gasteiger partial charge in [-0.1, -0.05) is 18.2 Å². The van der Waals surface area contributed by atoms with E-state index in [9.17, 15) is 14.9 Å². The minimum atomic E-state index is -2.36. The SMILES string of the molecule is CCOS1(C)C([N+](=O)[O-])=CN=C1NC(=O)c1ccccc1. The number of amides is 1. The van der Waals surface area contributed by atoms with Crippen LogP contribution in [0, 0.1) is 10.1 Å². The first kappa shape index (κ1) is 15.2. The summed E-state index contributed by atoms with van der Waals surface area (Å²) in [4.78, 5) is 26.7. The lowest BCUT2D eigenvalue weighted by Crippen LogP contribution is -2.34. The van der Waals surface area contributed by atoms with Crippen LogP contribution in [0.2, 0.25) is 0 Å². The number of amidine groups is 1. The number of nitro groups is 1. The lowest BCUT2D eigenvalue weighted by atomic mass is 10.2. The van der Waals surface area contributed by atoms with Crippen LogP contribution in [0.3, 0.4) is 0 Å². The lowest BCUT2D eigenvalue weighted by molar-refractivity contribution is -0.411. The fourth-order valence-electron chi connectivity index (χ4n) is 1.84. The molecule has 1 aliphatic rings. The van der Waals surface area contributed by atoms with Crippen molar-refractivity contribution in [3.63, 3.8) is 0 Å². The van der Waals surface area contributed by atoms with Gasteiger partial charge in [0.15, 0.2) is 5.17 Å². The van der Waals surface area contributed by atoms with E-state index in [0.717, 1.165) is 6.20 Å². The summed E-state index contributed by atoms with van der Waals surface area (Å²) in [6.45, 7) is 2.03. The molecule has 1 amide bonds. The number of benzene rings is 1. The Hall–Kier alpha value is -2.19. The number of carbonyl (C=O) groups excluding carboxylic acids is 1. The topological polar surface area (TPSA) is 93.8 Å². The van der Waals surface area contributed by atoms with E-state index in [-0.39, 0.29) is 22.7 Å². The molecule has 1 aliphatic heterocycles. The molecule has 1 aromatic rings. The van der Waals surface area contributed by atoms with Crippen molar-refractivity contribution < 1.29 is 13.9 Å². The van der Waals surface area contributed by atoms with Crippen LogP contribution in [0.4, 0.5) is 0 Å². The standard InChI is InChI=1S/C13H15N3O4S/c1-3-20-21(2)11(16(18)19)9-14-13(21)15-12(17)10-7-5-4-6-8-10/h4-9H,3H2,1-2H3,(H,14,15,17). The molecule has 21 heavy (non-hydrogen) atoms. The van der Waals surface area contributed by atoms with Crippen LogP contribution in [-0.4, -0.2) is 28.9 Å². The fourth-order valence-corrected chi connectivity index (χ4v) is 3.83. The highest BCUT2D eigenvalue weighted by Crippen LogP contribution is 2.56. The van der Waals surface area contributed by atoms with Crippen molar-refractivity contribution in [1.29, 1.82) is 0 Å². The van der Waals surface area contributed by atoms with E-state index >= 15 is 0 Å². The molecular weight excluding hydrogens is 294 g/mol. The van der Waals surface area contributed by atoms with Gasteiger partial charge in [-0.3, -0.25) is 14.9 Å². The Morgan fingerprint density at radius 1 is 1.43 bits per heavy atom. The van der Waals surface area contributed by atoms with Crippen LogP contribution in [-0.2, 0) is 4.18 Å². The number of nitrogens with zero attached hydrogens (tertiary/aromatic N) is 2. The molecule has 8 heteroatoms. The fraction of sp³-hybridized carbons (Fsp3) is 0.231. The number of aliphatic imine (C=N–C) groups is 1. The zero-order chi connectivity index (χ0) is 15.5. The highest BCUT2D eigenvalue weighted by molar-refractivity contribution is 8.44. The van der Waals surface area contributed by atoms with E-state index in [1.54, 1.807) is 43.5 Å². The van der Waals surface area contributed by atoms with E-state index < -0.39 is 15.2 Å². The van der Waals surface area contributed by atoms with Crippen molar-refractivity contribution >= 4 is 21.4 Å². The van der Waals surface area contributed by atoms with Gasteiger partial charge in [-0.25, -0.2) is 4.99 Å². The van der Waals surface area contributed by atoms with E-state index in [0.29, 0.717) is 5.56 Å². The monoisotopic (exact) mass is 309 g/mol. The predicted molar refractivity (Wildman–Crippen MR) is 81.6 cm³/mol. The summed E-state index contributed by atoms with van der Waals surface area (Å²) in [7, 11) is -2.36. The molecular formula is C13H15N3O4S. The van der Waals surface area contributed by atoms with E-state index in [4.69, 9.17) is 4.18 Å². The van der Waals surface area contributed by atoms with Crippen LogP contribution < -0.4 is 5.32 Å². The Bertz CT molecular complexity index is 630. The molecule has 1 atom stereocenters. The summed E-state index contributed by atoms with van der Waals surface area (Å²) in [5.41, 5.74) is 0.452. The summed E-state index contributed by atoms with van der Waals surface area (Å²) >= 11 is 0. The van der Waals surface area contributed by atoms with Crippen molar-refractivity contribution in [2.75, 3.05) is 12.9 Å². The summed E-state index contributed by atoms with van der Waals surface area (Å²) < 4.78 is 5.54. The smallest absolute Gasteiger partial charge is 0.320 e. The van der Waals surface area contributed by atoms with Gasteiger partial charge >= 0.3 is 5.03 Å². The van der Waals surface area contributed by atoms with Gasteiger partial charge in [-0.2, -0.15) is 0 Å². The highest BCUT2D eigenvalue weighted by atomic mass is 32.3. The van der Waals surface area contributed by atoms with Crippen LogP contribution in [0.25, 0.3) is 0 Å². The summed E-state index contributed by atoms with van der Waals surface area (Å²) in [5.74, 6) is -0.370. The van der Waals surface area contributed by atoms with Crippen LogP contribution in [0.5, 0.6) is 0 Å². The number of nitrogens with one attached hydrogen (secondary N) is 1. The van der Waals surface area contributed by atoms with Gasteiger partial charge < -0.3 is 9.50 Å². The number of hydrogen-bond donors (Lipinski definition) is 1. The Balaban J connectivity index is 2.21. The Morgan fingerprint density at radius 3 is 2.67 bits per heavy atom. The third-order valence-corrected chi connectivity index (χ3v) is 5.56. The first-order chi connectivity index (χ1) is 9.99. The Morgan fingerprint density at radius 2 is 2.10 bits per heavy atom. The van der Waals surface area contributed by atoms with Crippen LogP contribution in [0.1, 0.15) is 17.3 Å². The molecule has 0 fully saturated rings. The second-order valence-corrected chi connectivity index (χ2v) is 6.96. The minimum Gasteiger partial charge on any atom is -0.320 e. The van der Waals surface area contributed by atoms with E-state index in [2.05, 4.69) is 10.3 Å². The van der Waals surface area contributed by atoms with Gasteiger partial charge in [-0.15, -0.1) is 0 Å². The average molecular weight is 309 g/mol. The van der Waals surface area contributed by atoms with Crippen molar-refractivity contribution in [3.05, 3.63) is 57.2 Å². The molecule has 112 valence electrons. The Labute approximate surface area is 123 Å². The maximum absolute atomic E-state index is 12.1. The molecule has 1 unspecified atom stereocenters. The minimum absolute atomic E-state index is 0.118. The predicted octanol–water partition coefficient (Wildman–Crippen LogP) is 2.25. The maximum Gasteiger partial charge on any atom is 0.332 e. The van der Waals surface area contributed by atoms with Gasteiger partial charge in [0.05, 0.1) is 11.5 Å². The molecule has 1 heterocycles. The van der Waals surface area contributed by atoms with Crippen molar-refractivity contribution in [2.45, 2.75) is 6.92 Å². The van der Waals surface area contributed by atoms with E-state index in [1.807, 2.05) is 0 Å². The molecule has 1 aromatic carbocycles. The molecule has 0 saturated heterocycles. The number of carbonyl (C=O) groups is 1. The third-order valence-electron chi connectivity index (χ3n) is 2.85. The zero-order valence-electron chi connectivity index (χ0n) is 11.6. The first-order valence-electron chi connectivity index (χ1n) is 6.20. The van der Waals surface area contributed by atoms with Crippen molar-refractivity contribution in [3.8, 4) is 0 Å². The molecule has 2 rings (SSSR count). The summed E-state index contributed by atoms with van der Waals surface area (Å²) in [6, 6.07) is 8.58. The zero-order valence-corrected chi connectivity index (χ0v) is 12.4. The molecule has 0 aliphatic carbocycles. The van der Waals surface area contributed by atoms with Crippen molar-refractivity contribution in [2.24, 2.45) is 4.99 Å². The van der Waals surface area contributed by atoms with E-state index in [1.165, 1.54) is 0 Å². The van der Waals surface area contributed by atoms with Gasteiger partial charge in [-0.05, 0) is 19.1 Å². The number of hydrogen-bond acceptors (Lipinski definition) is 5. The second-order valence-electron chi connectivity index (χ2n) is 4.23. The quantitative estimate of drug-likeness (QED) is 0.681. The van der Waals surface area contributed by atoms with Gasteiger partial charge in [0.1, 0.15) is 6.20 Å². The molecule has 0 radical (unpaired) electrons. The highest BCUT2D eigenvalue weighted by Gasteiger charge is 2.43. The molecule has 1 N–H and O–H groups in total.